The van der Waals surface area contributed by atoms with Crippen LogP contribution in [0.5, 0.6) is 11.5 Å². The number of benzene rings is 2. The fraction of sp³-hybridized carbons (Fsp3) is 0.500. The van der Waals surface area contributed by atoms with Gasteiger partial charge in [0, 0.05) is 37.4 Å². The summed E-state index contributed by atoms with van der Waals surface area (Å²) in [7, 11) is 1.16. The maximum atomic E-state index is 14.5. The molecule has 230 valence electrons. The molecule has 0 spiro atoms. The number of ether oxygens (including phenoxy) is 3. The number of halogens is 7. The van der Waals surface area contributed by atoms with Gasteiger partial charge in [-0.1, -0.05) is 13.8 Å². The number of alkyl halides is 6. The summed E-state index contributed by atoms with van der Waals surface area (Å²) < 4.78 is 108. The predicted octanol–water partition coefficient (Wildman–Crippen LogP) is 6.37. The minimum absolute atomic E-state index is 0.0947. The number of anilines is 2. The number of carbonyl (C=O) groups excluding carboxylic acids is 1. The second kappa shape index (κ2) is 12.3. The summed E-state index contributed by atoms with van der Waals surface area (Å²) in [5.74, 6) is -2.06. The summed E-state index contributed by atoms with van der Waals surface area (Å²) in [5, 5.41) is 4.96. The molecule has 2 heterocycles. The lowest BCUT2D eigenvalue weighted by molar-refractivity contribution is -0.153. The molecular formula is C28H30F7N3O4. The smallest absolute Gasteiger partial charge is 0.431 e. The van der Waals surface area contributed by atoms with Crippen molar-refractivity contribution in [1.82, 2.24) is 0 Å². The van der Waals surface area contributed by atoms with Crippen LogP contribution in [0.15, 0.2) is 47.6 Å². The van der Waals surface area contributed by atoms with Crippen LogP contribution < -0.4 is 19.4 Å². The molecule has 2 aliphatic rings. The van der Waals surface area contributed by atoms with Crippen molar-refractivity contribution in [2.75, 3.05) is 36.7 Å². The second-order valence-electron chi connectivity index (χ2n) is 10.3. The van der Waals surface area contributed by atoms with Gasteiger partial charge in [0.05, 0.1) is 30.9 Å². The largest absolute Gasteiger partial charge is 0.490 e. The van der Waals surface area contributed by atoms with Crippen molar-refractivity contribution in [3.05, 3.63) is 48.3 Å². The number of methoxy groups -OCH3 is 1. The highest BCUT2D eigenvalue weighted by Gasteiger charge is 2.49. The summed E-state index contributed by atoms with van der Waals surface area (Å²) in [6.07, 6.45) is -9.27. The highest BCUT2D eigenvalue weighted by molar-refractivity contribution is 5.96. The zero-order chi connectivity index (χ0) is 30.8. The first-order valence-electron chi connectivity index (χ1n) is 13.2. The van der Waals surface area contributed by atoms with Crippen LogP contribution in [0.3, 0.4) is 0 Å². The molecule has 0 aliphatic carbocycles. The van der Waals surface area contributed by atoms with Crippen molar-refractivity contribution in [3.8, 4) is 11.5 Å². The summed E-state index contributed by atoms with van der Waals surface area (Å²) in [6, 6.07) is 8.86. The van der Waals surface area contributed by atoms with Crippen LogP contribution in [0.4, 0.5) is 42.1 Å². The molecule has 0 unspecified atom stereocenters. The zero-order valence-electron chi connectivity index (χ0n) is 23.0. The number of hydrazone groups is 1. The molecule has 2 aromatic carbocycles. The van der Waals surface area contributed by atoms with E-state index in [4.69, 9.17) is 9.47 Å². The molecule has 2 aliphatic heterocycles. The minimum Gasteiger partial charge on any atom is -0.490 e. The molecule has 0 bridgehead atoms. The van der Waals surface area contributed by atoms with E-state index in [0.29, 0.717) is 30.9 Å². The lowest BCUT2D eigenvalue weighted by Gasteiger charge is -2.38. The van der Waals surface area contributed by atoms with Crippen LogP contribution in [0.1, 0.15) is 26.7 Å². The second-order valence-corrected chi connectivity index (χ2v) is 10.3. The highest BCUT2D eigenvalue weighted by Crippen LogP contribution is 2.37. The first-order valence-corrected chi connectivity index (χ1v) is 13.2. The topological polar surface area (TPSA) is 63.6 Å². The van der Waals surface area contributed by atoms with Crippen LogP contribution in [0, 0.1) is 17.7 Å². The van der Waals surface area contributed by atoms with E-state index < -0.39 is 48.4 Å². The van der Waals surface area contributed by atoms with Gasteiger partial charge in [-0.05, 0) is 36.4 Å². The monoisotopic (exact) mass is 605 g/mol. The van der Waals surface area contributed by atoms with E-state index in [9.17, 15) is 35.5 Å². The van der Waals surface area contributed by atoms with Crippen LogP contribution in [-0.2, 0) is 9.53 Å². The number of rotatable bonds is 8. The van der Waals surface area contributed by atoms with Crippen molar-refractivity contribution in [3.63, 3.8) is 0 Å². The fourth-order valence-electron chi connectivity index (χ4n) is 5.12. The number of esters is 1. The van der Waals surface area contributed by atoms with Gasteiger partial charge >= 0.3 is 18.3 Å². The van der Waals surface area contributed by atoms with E-state index in [1.54, 1.807) is 29.2 Å². The summed E-state index contributed by atoms with van der Waals surface area (Å²) in [6.45, 7) is 2.49. The molecule has 7 nitrogen and oxygen atoms in total. The van der Waals surface area contributed by atoms with E-state index in [1.807, 2.05) is 6.92 Å². The maximum absolute atomic E-state index is 14.5. The number of piperidine rings is 1. The SMILES string of the molecule is COC(=O)C[C@H]1[C@H](C)C(C(F)(F)F)=NN1c1ccc(O[C@@H]2CCN(c3cc(OCC(F)(F)F)ccc3F)C[C@@H]2C)cc1. The predicted molar refractivity (Wildman–Crippen MR) is 140 cm³/mol. The van der Waals surface area contributed by atoms with Crippen molar-refractivity contribution < 1.29 is 49.7 Å². The van der Waals surface area contributed by atoms with Gasteiger partial charge in [0.15, 0.2) is 6.61 Å². The number of hydrogen-bond donors (Lipinski definition) is 0. The van der Waals surface area contributed by atoms with Crippen LogP contribution >= 0.6 is 0 Å². The molecule has 42 heavy (non-hydrogen) atoms. The van der Waals surface area contributed by atoms with Crippen LogP contribution in [0.2, 0.25) is 0 Å². The van der Waals surface area contributed by atoms with E-state index in [1.165, 1.54) is 18.0 Å². The number of carbonyl (C=O) groups is 1. The van der Waals surface area contributed by atoms with Gasteiger partial charge in [-0.2, -0.15) is 31.4 Å². The Kier molecular flexibility index (Phi) is 9.12. The van der Waals surface area contributed by atoms with E-state index in [2.05, 4.69) is 9.84 Å². The van der Waals surface area contributed by atoms with Gasteiger partial charge in [0.2, 0.25) is 0 Å². The van der Waals surface area contributed by atoms with Gasteiger partial charge in [-0.3, -0.25) is 9.80 Å². The molecule has 0 saturated carbocycles. The molecule has 2 aromatic rings. The third-order valence-corrected chi connectivity index (χ3v) is 7.31. The molecule has 0 aromatic heterocycles. The quantitative estimate of drug-likeness (QED) is 0.258. The summed E-state index contributed by atoms with van der Waals surface area (Å²) >= 11 is 0. The van der Waals surface area contributed by atoms with Gasteiger partial charge in [-0.15, -0.1) is 0 Å². The molecule has 4 rings (SSSR count). The number of hydrogen-bond acceptors (Lipinski definition) is 7. The summed E-state index contributed by atoms with van der Waals surface area (Å²) in [4.78, 5) is 13.6. The van der Waals surface area contributed by atoms with E-state index in [0.717, 1.165) is 19.2 Å². The van der Waals surface area contributed by atoms with E-state index in [-0.39, 0.29) is 29.9 Å². The lowest BCUT2D eigenvalue weighted by Crippen LogP contribution is -2.44. The Bertz CT molecular complexity index is 1280. The zero-order valence-corrected chi connectivity index (χ0v) is 23.0. The maximum Gasteiger partial charge on any atom is 0.431 e. The van der Waals surface area contributed by atoms with Crippen LogP contribution in [0.25, 0.3) is 0 Å². The minimum atomic E-state index is -4.66. The Balaban J connectivity index is 1.42. The molecule has 0 N–H and O–H groups in total. The third-order valence-electron chi connectivity index (χ3n) is 7.31. The van der Waals surface area contributed by atoms with Crippen molar-refractivity contribution >= 4 is 23.1 Å². The number of nitrogens with zero attached hydrogens (tertiary/aromatic N) is 3. The van der Waals surface area contributed by atoms with Crippen molar-refractivity contribution in [2.24, 2.45) is 16.9 Å². The Morgan fingerprint density at radius 3 is 2.29 bits per heavy atom. The van der Waals surface area contributed by atoms with Gasteiger partial charge in [0.25, 0.3) is 0 Å². The molecule has 1 saturated heterocycles. The standard InChI is InChI=1S/C28H30F7N3O4/c1-16-14-37(23-12-20(8-9-21(23)29)41-15-27(30,31)32)11-10-24(16)42-19-6-4-18(5-7-19)38-22(13-25(39)40-3)17(2)26(36-38)28(33,34)35/h4-9,12,16-17,22,24H,10-11,13-15H2,1-3H3/t16-,17-,22-,24+/m0/s1. The Labute approximate surface area is 237 Å². The van der Waals surface area contributed by atoms with Crippen molar-refractivity contribution in [2.45, 2.75) is 51.2 Å². The molecule has 0 amide bonds. The third kappa shape index (κ3) is 7.37. The molecule has 0 radical (unpaired) electrons. The molecular weight excluding hydrogens is 575 g/mol. The fourth-order valence-corrected chi connectivity index (χ4v) is 5.12. The molecule has 4 atom stereocenters. The lowest BCUT2D eigenvalue weighted by atomic mass is 9.94. The first kappa shape index (κ1) is 31.2. The van der Waals surface area contributed by atoms with Crippen LogP contribution in [-0.4, -0.2) is 63.0 Å². The van der Waals surface area contributed by atoms with Gasteiger partial charge in [0.1, 0.15) is 29.1 Å². The van der Waals surface area contributed by atoms with E-state index >= 15 is 0 Å². The van der Waals surface area contributed by atoms with Crippen molar-refractivity contribution in [1.29, 1.82) is 0 Å². The Morgan fingerprint density at radius 2 is 1.69 bits per heavy atom. The highest BCUT2D eigenvalue weighted by atomic mass is 19.4. The average molecular weight is 606 g/mol. The first-order chi connectivity index (χ1) is 19.7. The molecule has 14 heteroatoms. The summed E-state index contributed by atoms with van der Waals surface area (Å²) in [5.41, 5.74) is -0.510. The Hall–Kier alpha value is -3.71. The van der Waals surface area contributed by atoms with Gasteiger partial charge < -0.3 is 19.1 Å². The average Bonchev–Trinajstić information content (AvgIpc) is 3.25. The van der Waals surface area contributed by atoms with Gasteiger partial charge in [-0.25, -0.2) is 4.39 Å². The molecule has 1 fully saturated rings. The normalized spacial score (nSPS) is 23.0. The Morgan fingerprint density at radius 1 is 1.02 bits per heavy atom.